The lowest BCUT2D eigenvalue weighted by molar-refractivity contribution is 0.110. The molecule has 0 heterocycles. The maximum absolute atomic E-state index is 5.54. The molecule has 0 aromatic heterocycles. The number of ether oxygens (including phenoxy) is 2. The van der Waals surface area contributed by atoms with Gasteiger partial charge in [-0.15, -0.1) is 0 Å². The molecular formula is C15H25NO2. The van der Waals surface area contributed by atoms with Gasteiger partial charge in [0.25, 0.3) is 0 Å². The Hall–Kier alpha value is -1.06. The first-order valence-corrected chi connectivity index (χ1v) is 6.59. The van der Waals surface area contributed by atoms with Gasteiger partial charge in [-0.1, -0.05) is 32.0 Å². The van der Waals surface area contributed by atoms with E-state index in [9.17, 15) is 0 Å². The van der Waals surface area contributed by atoms with Gasteiger partial charge in [0, 0.05) is 24.8 Å². The van der Waals surface area contributed by atoms with Gasteiger partial charge in [-0.25, -0.2) is 0 Å². The highest BCUT2D eigenvalue weighted by molar-refractivity contribution is 5.35. The Kier molecular flexibility index (Phi) is 6.76. The van der Waals surface area contributed by atoms with E-state index in [-0.39, 0.29) is 6.04 Å². The minimum atomic E-state index is 0.267. The normalized spacial score (nSPS) is 12.7. The third-order valence-electron chi connectivity index (χ3n) is 2.75. The third-order valence-corrected chi connectivity index (χ3v) is 2.75. The summed E-state index contributed by atoms with van der Waals surface area (Å²) in [5.41, 5.74) is 1.18. The molecule has 0 bridgehead atoms. The Labute approximate surface area is 110 Å². The zero-order chi connectivity index (χ0) is 13.4. The number of benzene rings is 1. The molecule has 1 rings (SSSR count). The summed E-state index contributed by atoms with van der Waals surface area (Å²) in [4.78, 5) is 0. The molecule has 1 aromatic rings. The first-order valence-electron chi connectivity index (χ1n) is 6.59. The molecule has 0 aliphatic heterocycles. The SMILES string of the molecule is COc1ccccc1[C@H](C)NCCOCC(C)C. The van der Waals surface area contributed by atoms with Crippen molar-refractivity contribution in [2.45, 2.75) is 26.8 Å². The summed E-state index contributed by atoms with van der Waals surface area (Å²) in [6, 6.07) is 8.36. The lowest BCUT2D eigenvalue weighted by Crippen LogP contribution is -2.24. The molecule has 0 aliphatic carbocycles. The lowest BCUT2D eigenvalue weighted by Gasteiger charge is -2.17. The van der Waals surface area contributed by atoms with Gasteiger partial charge in [-0.2, -0.15) is 0 Å². The molecule has 3 heteroatoms. The molecule has 1 N–H and O–H groups in total. The summed E-state index contributed by atoms with van der Waals surface area (Å²) in [5.74, 6) is 1.53. The molecule has 18 heavy (non-hydrogen) atoms. The van der Waals surface area contributed by atoms with Crippen LogP contribution in [0.25, 0.3) is 0 Å². The fourth-order valence-corrected chi connectivity index (χ4v) is 1.80. The topological polar surface area (TPSA) is 30.5 Å². The summed E-state index contributed by atoms with van der Waals surface area (Å²) in [5, 5.41) is 3.44. The number of methoxy groups -OCH3 is 1. The van der Waals surface area contributed by atoms with Gasteiger partial charge in [0.05, 0.1) is 13.7 Å². The minimum Gasteiger partial charge on any atom is -0.496 e. The molecule has 3 nitrogen and oxygen atoms in total. The van der Waals surface area contributed by atoms with E-state index in [1.54, 1.807) is 7.11 Å². The van der Waals surface area contributed by atoms with Gasteiger partial charge >= 0.3 is 0 Å². The molecule has 0 unspecified atom stereocenters. The number of hydrogen-bond donors (Lipinski definition) is 1. The second kappa shape index (κ2) is 8.11. The molecule has 0 spiro atoms. The Morgan fingerprint density at radius 3 is 2.56 bits per heavy atom. The van der Waals surface area contributed by atoms with Crippen molar-refractivity contribution in [3.05, 3.63) is 29.8 Å². The van der Waals surface area contributed by atoms with Crippen molar-refractivity contribution in [1.82, 2.24) is 5.32 Å². The lowest BCUT2D eigenvalue weighted by atomic mass is 10.1. The Balaban J connectivity index is 2.34. The van der Waals surface area contributed by atoms with Gasteiger partial charge in [0.15, 0.2) is 0 Å². The largest absolute Gasteiger partial charge is 0.496 e. The molecule has 0 saturated carbocycles. The zero-order valence-electron chi connectivity index (χ0n) is 11.9. The minimum absolute atomic E-state index is 0.267. The van der Waals surface area contributed by atoms with Crippen LogP contribution in [0.2, 0.25) is 0 Å². The summed E-state index contributed by atoms with van der Waals surface area (Å²) >= 11 is 0. The van der Waals surface area contributed by atoms with Crippen molar-refractivity contribution in [3.63, 3.8) is 0 Å². The van der Waals surface area contributed by atoms with Crippen LogP contribution in [0.5, 0.6) is 5.75 Å². The third kappa shape index (κ3) is 5.07. The van der Waals surface area contributed by atoms with Crippen LogP contribution in [0.3, 0.4) is 0 Å². The van der Waals surface area contributed by atoms with E-state index in [4.69, 9.17) is 9.47 Å². The summed E-state index contributed by atoms with van der Waals surface area (Å²) < 4.78 is 10.9. The molecule has 1 aromatic carbocycles. The van der Waals surface area contributed by atoms with Crippen LogP contribution in [0.4, 0.5) is 0 Å². The maximum atomic E-state index is 5.54. The predicted octanol–water partition coefficient (Wildman–Crippen LogP) is 3.02. The van der Waals surface area contributed by atoms with E-state index in [1.807, 2.05) is 18.2 Å². The molecule has 0 saturated heterocycles. The fraction of sp³-hybridized carbons (Fsp3) is 0.600. The number of rotatable bonds is 8. The average molecular weight is 251 g/mol. The molecule has 0 radical (unpaired) electrons. The Bertz CT molecular complexity index is 339. The molecule has 102 valence electrons. The van der Waals surface area contributed by atoms with Gasteiger partial charge in [-0.05, 0) is 18.9 Å². The van der Waals surface area contributed by atoms with Crippen LogP contribution in [0.15, 0.2) is 24.3 Å². The van der Waals surface area contributed by atoms with Crippen molar-refractivity contribution in [2.75, 3.05) is 26.9 Å². The Morgan fingerprint density at radius 1 is 1.17 bits per heavy atom. The highest BCUT2D eigenvalue weighted by Gasteiger charge is 2.09. The van der Waals surface area contributed by atoms with E-state index in [2.05, 4.69) is 32.2 Å². The van der Waals surface area contributed by atoms with Gasteiger partial charge in [-0.3, -0.25) is 0 Å². The molecule has 0 aliphatic rings. The number of para-hydroxylation sites is 1. The summed E-state index contributed by atoms with van der Waals surface area (Å²) in [6.07, 6.45) is 0. The number of hydrogen-bond acceptors (Lipinski definition) is 3. The van der Waals surface area contributed by atoms with Crippen molar-refractivity contribution in [3.8, 4) is 5.75 Å². The molecular weight excluding hydrogens is 226 g/mol. The van der Waals surface area contributed by atoms with Crippen molar-refractivity contribution in [1.29, 1.82) is 0 Å². The van der Waals surface area contributed by atoms with Crippen molar-refractivity contribution in [2.24, 2.45) is 5.92 Å². The van der Waals surface area contributed by atoms with Crippen molar-refractivity contribution >= 4 is 0 Å². The first kappa shape index (κ1) is 15.0. The predicted molar refractivity (Wildman–Crippen MR) is 75.1 cm³/mol. The van der Waals surface area contributed by atoms with E-state index in [1.165, 1.54) is 5.56 Å². The van der Waals surface area contributed by atoms with Crippen LogP contribution >= 0.6 is 0 Å². The molecule has 0 amide bonds. The highest BCUT2D eigenvalue weighted by Crippen LogP contribution is 2.23. The fourth-order valence-electron chi connectivity index (χ4n) is 1.80. The Morgan fingerprint density at radius 2 is 1.89 bits per heavy atom. The van der Waals surface area contributed by atoms with Gasteiger partial charge in [0.1, 0.15) is 5.75 Å². The van der Waals surface area contributed by atoms with Crippen LogP contribution < -0.4 is 10.1 Å². The van der Waals surface area contributed by atoms with E-state index in [0.29, 0.717) is 5.92 Å². The molecule has 1 atom stereocenters. The number of nitrogens with one attached hydrogen (secondary N) is 1. The van der Waals surface area contributed by atoms with Gasteiger partial charge < -0.3 is 14.8 Å². The molecule has 0 fully saturated rings. The smallest absolute Gasteiger partial charge is 0.123 e. The van der Waals surface area contributed by atoms with Crippen molar-refractivity contribution < 1.29 is 9.47 Å². The maximum Gasteiger partial charge on any atom is 0.123 e. The van der Waals surface area contributed by atoms with Gasteiger partial charge in [0.2, 0.25) is 0 Å². The standard InChI is InChI=1S/C15H25NO2/c1-12(2)11-18-10-9-16-13(3)14-7-5-6-8-15(14)17-4/h5-8,12-13,16H,9-11H2,1-4H3/t13-/m0/s1. The quantitative estimate of drug-likeness (QED) is 0.720. The zero-order valence-corrected chi connectivity index (χ0v) is 11.9. The summed E-state index contributed by atoms with van der Waals surface area (Å²) in [7, 11) is 1.71. The van der Waals surface area contributed by atoms with E-state index in [0.717, 1.165) is 25.5 Å². The highest BCUT2D eigenvalue weighted by atomic mass is 16.5. The second-order valence-corrected chi connectivity index (χ2v) is 4.89. The van der Waals surface area contributed by atoms with E-state index >= 15 is 0 Å². The summed E-state index contributed by atoms with van der Waals surface area (Å²) in [6.45, 7) is 8.88. The van der Waals surface area contributed by atoms with Crippen LogP contribution in [-0.4, -0.2) is 26.9 Å². The first-order chi connectivity index (χ1) is 8.65. The van der Waals surface area contributed by atoms with Crippen LogP contribution in [-0.2, 0) is 4.74 Å². The van der Waals surface area contributed by atoms with Crippen LogP contribution in [0.1, 0.15) is 32.4 Å². The van der Waals surface area contributed by atoms with Crippen LogP contribution in [0, 0.1) is 5.92 Å². The second-order valence-electron chi connectivity index (χ2n) is 4.89. The average Bonchev–Trinajstić information content (AvgIpc) is 2.37. The monoisotopic (exact) mass is 251 g/mol. The van der Waals surface area contributed by atoms with E-state index < -0.39 is 0 Å².